The fraction of sp³-hybridized carbons (Fsp3) is 0.500. The molecule has 1 aliphatic carbocycles. The molecule has 4 heteroatoms. The maximum Gasteiger partial charge on any atom is 0.239 e. The van der Waals surface area contributed by atoms with Gasteiger partial charge in [0.2, 0.25) is 5.91 Å². The average molecular weight is 248 g/mol. The van der Waals surface area contributed by atoms with E-state index in [-0.39, 0.29) is 5.91 Å². The van der Waals surface area contributed by atoms with E-state index < -0.39 is 5.60 Å². The number of amides is 1. The Hall–Kier alpha value is -1.55. The fourth-order valence-corrected chi connectivity index (χ4v) is 2.07. The van der Waals surface area contributed by atoms with Gasteiger partial charge in [-0.25, -0.2) is 0 Å². The van der Waals surface area contributed by atoms with Crippen molar-refractivity contribution in [2.24, 2.45) is 0 Å². The number of nitrogens with one attached hydrogen (secondary N) is 1. The van der Waals surface area contributed by atoms with Crippen LogP contribution < -0.4 is 10.2 Å². The first-order valence-electron chi connectivity index (χ1n) is 6.34. The van der Waals surface area contributed by atoms with Gasteiger partial charge in [0.15, 0.2) is 0 Å². The summed E-state index contributed by atoms with van der Waals surface area (Å²) in [7, 11) is 1.88. The molecule has 0 radical (unpaired) electrons. The molecule has 18 heavy (non-hydrogen) atoms. The van der Waals surface area contributed by atoms with Crippen molar-refractivity contribution in [2.45, 2.75) is 24.9 Å². The number of hydrogen-bond donors (Lipinski definition) is 2. The standard InChI is InChI=1S/C14H20N2O2/c1-16(12-6-3-2-4-7-12)10-13(17)15-11-14(18)8-5-9-14/h2-4,6-7,18H,5,8-11H2,1H3,(H,15,17). The molecule has 0 spiro atoms. The highest BCUT2D eigenvalue weighted by Gasteiger charge is 2.34. The van der Waals surface area contributed by atoms with Crippen molar-refractivity contribution in [3.8, 4) is 0 Å². The molecule has 0 aliphatic heterocycles. The second-order valence-corrected chi connectivity index (χ2v) is 5.05. The van der Waals surface area contributed by atoms with Crippen molar-refractivity contribution >= 4 is 11.6 Å². The molecule has 0 bridgehead atoms. The third-order valence-electron chi connectivity index (χ3n) is 3.48. The third kappa shape index (κ3) is 3.23. The molecular weight excluding hydrogens is 228 g/mol. The van der Waals surface area contributed by atoms with E-state index in [1.807, 2.05) is 42.3 Å². The molecule has 2 N–H and O–H groups in total. The number of likely N-dealkylation sites (N-methyl/N-ethyl adjacent to an activating group) is 1. The summed E-state index contributed by atoms with van der Waals surface area (Å²) in [4.78, 5) is 13.6. The van der Waals surface area contributed by atoms with Crippen molar-refractivity contribution < 1.29 is 9.90 Å². The van der Waals surface area contributed by atoms with E-state index in [0.717, 1.165) is 24.9 Å². The molecule has 2 rings (SSSR count). The monoisotopic (exact) mass is 248 g/mol. The first-order chi connectivity index (χ1) is 8.59. The molecule has 0 unspecified atom stereocenters. The molecule has 0 atom stereocenters. The second-order valence-electron chi connectivity index (χ2n) is 5.05. The predicted molar refractivity (Wildman–Crippen MR) is 71.5 cm³/mol. The molecule has 0 heterocycles. The Labute approximate surface area is 108 Å². The molecule has 1 aromatic carbocycles. The molecule has 1 amide bonds. The quantitative estimate of drug-likeness (QED) is 0.822. The van der Waals surface area contributed by atoms with E-state index in [0.29, 0.717) is 13.1 Å². The first kappa shape index (κ1) is 12.9. The number of aliphatic hydroxyl groups is 1. The lowest BCUT2D eigenvalue weighted by Crippen LogP contribution is -2.49. The van der Waals surface area contributed by atoms with Crippen LogP contribution in [0.4, 0.5) is 5.69 Å². The Kier molecular flexibility index (Phi) is 3.87. The Morgan fingerprint density at radius 2 is 2.06 bits per heavy atom. The van der Waals surface area contributed by atoms with Crippen molar-refractivity contribution in [1.82, 2.24) is 5.32 Å². The Morgan fingerprint density at radius 1 is 1.39 bits per heavy atom. The first-order valence-corrected chi connectivity index (χ1v) is 6.34. The molecule has 1 fully saturated rings. The van der Waals surface area contributed by atoms with Crippen molar-refractivity contribution in [3.63, 3.8) is 0 Å². The van der Waals surface area contributed by atoms with Gasteiger partial charge in [0.1, 0.15) is 0 Å². The van der Waals surface area contributed by atoms with Crippen LogP contribution in [0.5, 0.6) is 0 Å². The smallest absolute Gasteiger partial charge is 0.239 e. The van der Waals surface area contributed by atoms with Crippen LogP contribution >= 0.6 is 0 Å². The normalized spacial score (nSPS) is 16.8. The highest BCUT2D eigenvalue weighted by Crippen LogP contribution is 2.30. The summed E-state index contributed by atoms with van der Waals surface area (Å²) in [5.74, 6) is -0.0540. The van der Waals surface area contributed by atoms with Gasteiger partial charge in [-0.3, -0.25) is 4.79 Å². The topological polar surface area (TPSA) is 52.6 Å². The Balaban J connectivity index is 1.77. The fourth-order valence-electron chi connectivity index (χ4n) is 2.07. The summed E-state index contributed by atoms with van der Waals surface area (Å²) in [6.45, 7) is 0.675. The van der Waals surface area contributed by atoms with Gasteiger partial charge in [0.05, 0.1) is 12.1 Å². The van der Waals surface area contributed by atoms with Gasteiger partial charge in [-0.2, -0.15) is 0 Å². The highest BCUT2D eigenvalue weighted by atomic mass is 16.3. The second kappa shape index (κ2) is 5.40. The summed E-state index contributed by atoms with van der Waals surface area (Å²) >= 11 is 0. The number of benzene rings is 1. The SMILES string of the molecule is CN(CC(=O)NCC1(O)CCC1)c1ccccc1. The van der Waals surface area contributed by atoms with Crippen molar-refractivity contribution in [2.75, 3.05) is 25.0 Å². The summed E-state index contributed by atoms with van der Waals surface area (Å²) in [5, 5.41) is 12.7. The minimum atomic E-state index is -0.652. The lowest BCUT2D eigenvalue weighted by molar-refractivity contribution is -0.122. The van der Waals surface area contributed by atoms with Gasteiger partial charge in [0.25, 0.3) is 0 Å². The summed E-state index contributed by atoms with van der Waals surface area (Å²) in [6.07, 6.45) is 2.64. The van der Waals surface area contributed by atoms with E-state index in [1.165, 1.54) is 0 Å². The van der Waals surface area contributed by atoms with Crippen LogP contribution in [0.1, 0.15) is 19.3 Å². The average Bonchev–Trinajstić information content (AvgIpc) is 2.35. The molecule has 4 nitrogen and oxygen atoms in total. The van der Waals surface area contributed by atoms with E-state index in [2.05, 4.69) is 5.32 Å². The number of rotatable bonds is 5. The van der Waals surface area contributed by atoms with E-state index in [1.54, 1.807) is 0 Å². The maximum absolute atomic E-state index is 11.7. The van der Waals surface area contributed by atoms with Crippen molar-refractivity contribution in [3.05, 3.63) is 30.3 Å². The number of carbonyl (C=O) groups excluding carboxylic acids is 1. The van der Waals surface area contributed by atoms with E-state index in [4.69, 9.17) is 0 Å². The molecule has 0 saturated heterocycles. The molecular formula is C14H20N2O2. The van der Waals surface area contributed by atoms with Crippen LogP contribution in [0.2, 0.25) is 0 Å². The van der Waals surface area contributed by atoms with Gasteiger partial charge in [-0.05, 0) is 31.4 Å². The Morgan fingerprint density at radius 3 is 2.61 bits per heavy atom. The molecule has 1 saturated carbocycles. The number of para-hydroxylation sites is 1. The van der Waals surface area contributed by atoms with Crippen LogP contribution in [0, 0.1) is 0 Å². The van der Waals surface area contributed by atoms with Crippen LogP contribution in [-0.4, -0.2) is 36.8 Å². The van der Waals surface area contributed by atoms with E-state index >= 15 is 0 Å². The predicted octanol–water partition coefficient (Wildman–Crippen LogP) is 1.15. The number of hydrogen-bond acceptors (Lipinski definition) is 3. The number of nitrogens with zero attached hydrogens (tertiary/aromatic N) is 1. The minimum absolute atomic E-state index is 0.0540. The molecule has 1 aliphatic rings. The van der Waals surface area contributed by atoms with Crippen LogP contribution in [-0.2, 0) is 4.79 Å². The lowest BCUT2D eigenvalue weighted by atomic mass is 9.80. The highest BCUT2D eigenvalue weighted by molar-refractivity contribution is 5.81. The van der Waals surface area contributed by atoms with Gasteiger partial charge in [-0.1, -0.05) is 18.2 Å². The molecule has 0 aromatic heterocycles. The van der Waals surface area contributed by atoms with E-state index in [9.17, 15) is 9.90 Å². The maximum atomic E-state index is 11.7. The van der Waals surface area contributed by atoms with Crippen molar-refractivity contribution in [1.29, 1.82) is 0 Å². The molecule has 1 aromatic rings. The van der Waals surface area contributed by atoms with Gasteiger partial charge in [0, 0.05) is 19.3 Å². The summed E-state index contributed by atoms with van der Waals surface area (Å²) < 4.78 is 0. The zero-order valence-electron chi connectivity index (χ0n) is 10.7. The molecule has 98 valence electrons. The van der Waals surface area contributed by atoms with Gasteiger partial charge < -0.3 is 15.3 Å². The third-order valence-corrected chi connectivity index (χ3v) is 3.48. The Bertz CT molecular complexity index is 402. The van der Waals surface area contributed by atoms with Crippen LogP contribution in [0.25, 0.3) is 0 Å². The number of carbonyl (C=O) groups is 1. The van der Waals surface area contributed by atoms with Gasteiger partial charge in [-0.15, -0.1) is 0 Å². The van der Waals surface area contributed by atoms with Gasteiger partial charge >= 0.3 is 0 Å². The summed E-state index contributed by atoms with van der Waals surface area (Å²) in [5.41, 5.74) is 0.357. The minimum Gasteiger partial charge on any atom is -0.388 e. The number of anilines is 1. The zero-order chi connectivity index (χ0) is 13.0. The largest absolute Gasteiger partial charge is 0.388 e. The lowest BCUT2D eigenvalue weighted by Gasteiger charge is -2.36. The van der Waals surface area contributed by atoms with Crippen LogP contribution in [0.15, 0.2) is 30.3 Å². The van der Waals surface area contributed by atoms with Crippen LogP contribution in [0.3, 0.4) is 0 Å². The summed E-state index contributed by atoms with van der Waals surface area (Å²) in [6, 6.07) is 9.77. The zero-order valence-corrected chi connectivity index (χ0v) is 10.7.